The first-order chi connectivity index (χ1) is 11.8. The zero-order valence-electron chi connectivity index (χ0n) is 13.5. The van der Waals surface area contributed by atoms with Gasteiger partial charge >= 0.3 is 0 Å². The van der Waals surface area contributed by atoms with Crippen molar-refractivity contribution in [2.24, 2.45) is 0 Å². The fraction of sp³-hybridized carbons (Fsp3) is 0.143. The van der Waals surface area contributed by atoms with E-state index in [1.807, 2.05) is 36.4 Å². The highest BCUT2D eigenvalue weighted by molar-refractivity contribution is 5.47. The van der Waals surface area contributed by atoms with Gasteiger partial charge in [-0.3, -0.25) is 0 Å². The third kappa shape index (κ3) is 6.44. The highest BCUT2D eigenvalue weighted by atomic mass is 16.7. The molecule has 1 aliphatic carbocycles. The molecule has 0 fully saturated rings. The average molecular weight is 322 g/mol. The van der Waals surface area contributed by atoms with Crippen LogP contribution in [0.25, 0.3) is 6.08 Å². The lowest BCUT2D eigenvalue weighted by atomic mass is 10.1. The SMILES string of the molecule is C1=COC(OC=CC2=CCCC=C2)C=C1.C=Cc1ccc(O)cc1. The molecular formula is C21H22O3. The molecule has 2 aliphatic rings. The maximum atomic E-state index is 8.82. The molecule has 24 heavy (non-hydrogen) atoms. The quantitative estimate of drug-likeness (QED) is 0.769. The van der Waals surface area contributed by atoms with E-state index in [1.165, 1.54) is 5.57 Å². The summed E-state index contributed by atoms with van der Waals surface area (Å²) in [7, 11) is 0. The van der Waals surface area contributed by atoms with Crippen LogP contribution in [0.15, 0.2) is 91.5 Å². The zero-order chi connectivity index (χ0) is 17.0. The normalized spacial score (nSPS) is 18.3. The highest BCUT2D eigenvalue weighted by Gasteiger charge is 2.02. The van der Waals surface area contributed by atoms with E-state index in [-0.39, 0.29) is 6.29 Å². The summed E-state index contributed by atoms with van der Waals surface area (Å²) in [5, 5.41) is 8.82. The van der Waals surface area contributed by atoms with Gasteiger partial charge < -0.3 is 14.6 Å². The number of allylic oxidation sites excluding steroid dienone is 7. The third-order valence-corrected chi connectivity index (χ3v) is 3.30. The lowest BCUT2D eigenvalue weighted by Crippen LogP contribution is -2.09. The molecular weight excluding hydrogens is 300 g/mol. The van der Waals surface area contributed by atoms with Gasteiger partial charge in [-0.2, -0.15) is 0 Å². The fourth-order valence-corrected chi connectivity index (χ4v) is 2.01. The van der Waals surface area contributed by atoms with Crippen molar-refractivity contribution in [2.75, 3.05) is 0 Å². The number of hydrogen-bond donors (Lipinski definition) is 1. The summed E-state index contributed by atoms with van der Waals surface area (Å²) in [5.74, 6) is 0.292. The largest absolute Gasteiger partial charge is 0.508 e. The molecule has 0 radical (unpaired) electrons. The average Bonchev–Trinajstić information content (AvgIpc) is 2.65. The summed E-state index contributed by atoms with van der Waals surface area (Å²) in [6.07, 6.45) is 21.0. The molecule has 1 aromatic rings. The molecule has 3 heteroatoms. The Labute approximate surface area is 143 Å². The van der Waals surface area contributed by atoms with Gasteiger partial charge in [0.2, 0.25) is 0 Å². The van der Waals surface area contributed by atoms with Crippen LogP contribution in [0.2, 0.25) is 0 Å². The van der Waals surface area contributed by atoms with E-state index in [9.17, 15) is 0 Å². The first-order valence-corrected chi connectivity index (χ1v) is 7.87. The van der Waals surface area contributed by atoms with Crippen molar-refractivity contribution < 1.29 is 14.6 Å². The molecule has 124 valence electrons. The van der Waals surface area contributed by atoms with Gasteiger partial charge in [0.1, 0.15) is 5.75 Å². The number of phenols is 1. The van der Waals surface area contributed by atoms with Crippen LogP contribution in [0, 0.1) is 0 Å². The second-order valence-corrected chi connectivity index (χ2v) is 5.14. The van der Waals surface area contributed by atoms with E-state index < -0.39 is 0 Å². The minimum Gasteiger partial charge on any atom is -0.508 e. The van der Waals surface area contributed by atoms with Gasteiger partial charge in [-0.1, -0.05) is 49.1 Å². The maximum Gasteiger partial charge on any atom is 0.259 e. The molecule has 1 aromatic carbocycles. The summed E-state index contributed by atoms with van der Waals surface area (Å²) in [5.41, 5.74) is 2.21. The lowest BCUT2D eigenvalue weighted by Gasteiger charge is -2.13. The molecule has 0 amide bonds. The Hall–Kier alpha value is -2.94. The van der Waals surface area contributed by atoms with E-state index in [4.69, 9.17) is 14.6 Å². The van der Waals surface area contributed by atoms with Crippen LogP contribution >= 0.6 is 0 Å². The molecule has 1 atom stereocenters. The fourth-order valence-electron chi connectivity index (χ4n) is 2.01. The smallest absolute Gasteiger partial charge is 0.259 e. The minimum absolute atomic E-state index is 0.292. The van der Waals surface area contributed by atoms with Crippen molar-refractivity contribution in [1.29, 1.82) is 0 Å². The molecule has 0 saturated heterocycles. The van der Waals surface area contributed by atoms with Crippen molar-refractivity contribution in [3.8, 4) is 5.75 Å². The maximum absolute atomic E-state index is 8.82. The van der Waals surface area contributed by atoms with Gasteiger partial charge in [0.05, 0.1) is 12.5 Å². The molecule has 1 heterocycles. The van der Waals surface area contributed by atoms with Gasteiger partial charge in [-0.05, 0) is 54.3 Å². The standard InChI is InChI=1S/C13H14O2.C8H8O/c1-2-6-12(7-3-1)9-11-15-13-8-4-5-10-14-13;1-2-7-3-5-8(9)6-4-7/h2,4-11,13H,1,3H2;2-6,9H,1H2. The van der Waals surface area contributed by atoms with Gasteiger partial charge in [-0.15, -0.1) is 0 Å². The molecule has 3 nitrogen and oxygen atoms in total. The predicted molar refractivity (Wildman–Crippen MR) is 98.0 cm³/mol. The molecule has 0 bridgehead atoms. The van der Waals surface area contributed by atoms with Crippen LogP contribution in [-0.4, -0.2) is 11.4 Å². The summed E-state index contributed by atoms with van der Waals surface area (Å²) >= 11 is 0. The van der Waals surface area contributed by atoms with Crippen LogP contribution in [0.3, 0.4) is 0 Å². The van der Waals surface area contributed by atoms with Crippen LogP contribution in [0.5, 0.6) is 5.75 Å². The van der Waals surface area contributed by atoms with Crippen molar-refractivity contribution in [1.82, 2.24) is 0 Å². The number of benzene rings is 1. The number of aromatic hydroxyl groups is 1. The van der Waals surface area contributed by atoms with Gasteiger partial charge in [0, 0.05) is 0 Å². The van der Waals surface area contributed by atoms with Crippen LogP contribution in [-0.2, 0) is 9.47 Å². The van der Waals surface area contributed by atoms with Crippen molar-refractivity contribution in [3.63, 3.8) is 0 Å². The number of ether oxygens (including phenoxy) is 2. The molecule has 1 N–H and O–H groups in total. The summed E-state index contributed by atoms with van der Waals surface area (Å²) < 4.78 is 10.6. The van der Waals surface area contributed by atoms with Crippen molar-refractivity contribution in [3.05, 3.63) is 97.0 Å². The Morgan fingerprint density at radius 2 is 2.00 bits per heavy atom. The predicted octanol–water partition coefficient (Wildman–Crippen LogP) is 5.25. The molecule has 0 spiro atoms. The summed E-state index contributed by atoms with van der Waals surface area (Å²) in [4.78, 5) is 0. The van der Waals surface area contributed by atoms with E-state index >= 15 is 0 Å². The lowest BCUT2D eigenvalue weighted by molar-refractivity contribution is -0.0251. The Morgan fingerprint density at radius 3 is 2.62 bits per heavy atom. The second-order valence-electron chi connectivity index (χ2n) is 5.14. The molecule has 1 unspecified atom stereocenters. The van der Waals surface area contributed by atoms with Gasteiger partial charge in [0.25, 0.3) is 6.29 Å². The Balaban J connectivity index is 0.000000198. The zero-order valence-corrected chi connectivity index (χ0v) is 13.5. The molecule has 1 aliphatic heterocycles. The topological polar surface area (TPSA) is 38.7 Å². The minimum atomic E-state index is -0.292. The monoisotopic (exact) mass is 322 g/mol. The molecule has 0 aromatic heterocycles. The Morgan fingerprint density at radius 1 is 1.17 bits per heavy atom. The Kier molecular flexibility index (Phi) is 7.22. The number of hydrogen-bond acceptors (Lipinski definition) is 3. The molecule has 3 rings (SSSR count). The van der Waals surface area contributed by atoms with E-state index in [2.05, 4.69) is 24.8 Å². The summed E-state index contributed by atoms with van der Waals surface area (Å²) in [6.45, 7) is 3.58. The van der Waals surface area contributed by atoms with Crippen molar-refractivity contribution in [2.45, 2.75) is 19.1 Å². The summed E-state index contributed by atoms with van der Waals surface area (Å²) in [6, 6.07) is 6.89. The van der Waals surface area contributed by atoms with Crippen LogP contribution in [0.4, 0.5) is 0 Å². The first-order valence-electron chi connectivity index (χ1n) is 7.87. The molecule has 0 saturated carbocycles. The highest BCUT2D eigenvalue weighted by Crippen LogP contribution is 2.12. The number of phenolic OH excluding ortho intramolecular Hbond substituents is 1. The second kappa shape index (κ2) is 9.95. The van der Waals surface area contributed by atoms with Crippen LogP contribution in [0.1, 0.15) is 18.4 Å². The Bertz CT molecular complexity index is 661. The van der Waals surface area contributed by atoms with Crippen LogP contribution < -0.4 is 0 Å². The van der Waals surface area contributed by atoms with E-state index in [1.54, 1.807) is 30.7 Å². The van der Waals surface area contributed by atoms with Gasteiger partial charge in [0.15, 0.2) is 0 Å². The van der Waals surface area contributed by atoms with E-state index in [0.717, 1.165) is 18.4 Å². The first kappa shape index (κ1) is 17.4. The van der Waals surface area contributed by atoms with E-state index in [0.29, 0.717) is 5.75 Å². The number of rotatable bonds is 4. The van der Waals surface area contributed by atoms with Crippen molar-refractivity contribution >= 4 is 6.08 Å². The third-order valence-electron chi connectivity index (χ3n) is 3.30. The van der Waals surface area contributed by atoms with Gasteiger partial charge in [-0.25, -0.2) is 0 Å².